The minimum atomic E-state index is -0.658. The normalized spacial score (nSPS) is 31.6. The highest BCUT2D eigenvalue weighted by atomic mass is 32.2. The van der Waals surface area contributed by atoms with Crippen molar-refractivity contribution in [3.63, 3.8) is 0 Å². The number of nitrogens with zero attached hydrogens (tertiary/aromatic N) is 4. The summed E-state index contributed by atoms with van der Waals surface area (Å²) in [6, 6.07) is 0.294. The van der Waals surface area contributed by atoms with E-state index >= 15 is 0 Å². The molecule has 0 radical (unpaired) electrons. The van der Waals surface area contributed by atoms with Crippen LogP contribution in [-0.2, 0) is 14.2 Å². The Morgan fingerprint density at radius 2 is 2.00 bits per heavy atom. The highest BCUT2D eigenvalue weighted by Crippen LogP contribution is 2.44. The van der Waals surface area contributed by atoms with E-state index in [1.165, 1.54) is 12.8 Å². The number of rotatable bonds is 5. The van der Waals surface area contributed by atoms with Crippen molar-refractivity contribution in [1.29, 1.82) is 0 Å². The Morgan fingerprint density at radius 3 is 2.76 bits per heavy atom. The second-order valence-electron chi connectivity index (χ2n) is 8.32. The summed E-state index contributed by atoms with van der Waals surface area (Å²) in [4.78, 5) is 13.4. The Hall–Kier alpha value is -1.62. The van der Waals surface area contributed by atoms with Crippen LogP contribution in [-0.4, -0.2) is 61.7 Å². The van der Waals surface area contributed by atoms with Crippen molar-refractivity contribution in [2.24, 2.45) is 0 Å². The van der Waals surface area contributed by atoms with Crippen molar-refractivity contribution < 1.29 is 18.9 Å². The molecule has 0 amide bonds. The maximum absolute atomic E-state index is 6.34. The van der Waals surface area contributed by atoms with Crippen LogP contribution in [0.25, 0.3) is 11.2 Å². The third-order valence-electron chi connectivity index (χ3n) is 5.73. The lowest BCUT2D eigenvalue weighted by Gasteiger charge is -2.24. The van der Waals surface area contributed by atoms with Gasteiger partial charge in [0.1, 0.15) is 18.3 Å². The van der Waals surface area contributed by atoms with Crippen LogP contribution in [0.3, 0.4) is 0 Å². The van der Waals surface area contributed by atoms with Gasteiger partial charge in [0.05, 0.1) is 12.4 Å². The van der Waals surface area contributed by atoms with E-state index in [4.69, 9.17) is 24.7 Å². The first-order valence-corrected chi connectivity index (χ1v) is 11.5. The molecular weight excluding hydrogens is 394 g/mol. The lowest BCUT2D eigenvalue weighted by Crippen LogP contribution is -2.31. The van der Waals surface area contributed by atoms with Crippen molar-refractivity contribution in [2.45, 2.75) is 76.0 Å². The van der Waals surface area contributed by atoms with Gasteiger partial charge in [0, 0.05) is 5.75 Å². The number of nitrogen functional groups attached to an aromatic ring is 1. The number of imidazole rings is 1. The van der Waals surface area contributed by atoms with E-state index in [9.17, 15) is 0 Å². The molecule has 2 N–H and O–H groups in total. The summed E-state index contributed by atoms with van der Waals surface area (Å²) < 4.78 is 26.5. The van der Waals surface area contributed by atoms with Crippen molar-refractivity contribution >= 4 is 28.7 Å². The third-order valence-corrected chi connectivity index (χ3v) is 6.39. The predicted octanol–water partition coefficient (Wildman–Crippen LogP) is 2.51. The zero-order valence-corrected chi connectivity index (χ0v) is 17.7. The smallest absolute Gasteiger partial charge is 0.320 e. The summed E-state index contributed by atoms with van der Waals surface area (Å²) in [6.07, 6.45) is 7.39. The number of hydrogen-bond donors (Lipinski definition) is 1. The number of thioether (sulfide) groups is 1. The van der Waals surface area contributed by atoms with Crippen LogP contribution in [0.2, 0.25) is 0 Å². The fourth-order valence-electron chi connectivity index (χ4n) is 4.49. The van der Waals surface area contributed by atoms with E-state index in [1.807, 2.05) is 18.4 Å². The zero-order valence-electron chi connectivity index (χ0n) is 16.9. The standard InChI is InChI=1S/C19H27N5O4S/c1-19(2)27-13-11(8-29-3)26-17(14(13)28-19)24-9-21-12-15(20)22-18(23-16(12)24)25-10-6-4-5-7-10/h9-11,13-14,17H,4-8H2,1-3H3,(H2,20,22,23)/t11-,13-,14-,17-/m1/s1. The number of ether oxygens (including phenoxy) is 4. The molecule has 2 aromatic rings. The molecule has 29 heavy (non-hydrogen) atoms. The molecule has 0 aromatic carbocycles. The summed E-state index contributed by atoms with van der Waals surface area (Å²) in [7, 11) is 0. The zero-order chi connectivity index (χ0) is 20.2. The number of nitrogens with two attached hydrogens (primary N) is 1. The van der Waals surface area contributed by atoms with Crippen molar-refractivity contribution in [1.82, 2.24) is 19.5 Å². The lowest BCUT2D eigenvalue weighted by atomic mass is 10.1. The van der Waals surface area contributed by atoms with Gasteiger partial charge in [-0.2, -0.15) is 21.7 Å². The van der Waals surface area contributed by atoms with Crippen molar-refractivity contribution in [3.05, 3.63) is 6.33 Å². The quantitative estimate of drug-likeness (QED) is 0.779. The second-order valence-corrected chi connectivity index (χ2v) is 9.24. The van der Waals surface area contributed by atoms with Gasteiger partial charge in [0.25, 0.3) is 0 Å². The van der Waals surface area contributed by atoms with Crippen LogP contribution in [0.4, 0.5) is 5.82 Å². The largest absolute Gasteiger partial charge is 0.460 e. The Bertz CT molecular complexity index is 900. The summed E-state index contributed by atoms with van der Waals surface area (Å²) >= 11 is 1.72. The van der Waals surface area contributed by atoms with Gasteiger partial charge in [-0.3, -0.25) is 4.57 Å². The molecule has 0 unspecified atom stereocenters. The average molecular weight is 422 g/mol. The second kappa shape index (κ2) is 7.26. The summed E-state index contributed by atoms with van der Waals surface area (Å²) in [6.45, 7) is 3.86. The van der Waals surface area contributed by atoms with Crippen LogP contribution in [0, 0.1) is 0 Å². The van der Waals surface area contributed by atoms with Gasteiger partial charge in [-0.05, 0) is 45.8 Å². The number of aromatic nitrogens is 4. The van der Waals surface area contributed by atoms with Gasteiger partial charge >= 0.3 is 6.01 Å². The van der Waals surface area contributed by atoms with Gasteiger partial charge in [-0.1, -0.05) is 0 Å². The van der Waals surface area contributed by atoms with Crippen LogP contribution < -0.4 is 10.5 Å². The molecule has 4 heterocycles. The van der Waals surface area contributed by atoms with E-state index in [0.717, 1.165) is 18.6 Å². The minimum Gasteiger partial charge on any atom is -0.460 e. The fraction of sp³-hybridized carbons (Fsp3) is 0.737. The monoisotopic (exact) mass is 421 g/mol. The molecule has 4 atom stereocenters. The van der Waals surface area contributed by atoms with Crippen molar-refractivity contribution in [2.75, 3.05) is 17.7 Å². The van der Waals surface area contributed by atoms with Crippen LogP contribution >= 0.6 is 11.8 Å². The summed E-state index contributed by atoms with van der Waals surface area (Å²) in [5.41, 5.74) is 7.29. The fourth-order valence-corrected chi connectivity index (χ4v) is 5.09. The third kappa shape index (κ3) is 3.45. The molecule has 158 valence electrons. The summed E-state index contributed by atoms with van der Waals surface area (Å²) in [5, 5.41) is 0. The molecule has 0 spiro atoms. The van der Waals surface area contributed by atoms with E-state index < -0.39 is 12.0 Å². The maximum Gasteiger partial charge on any atom is 0.320 e. The van der Waals surface area contributed by atoms with Crippen LogP contribution in [0.5, 0.6) is 6.01 Å². The average Bonchev–Trinajstić information content (AvgIpc) is 3.41. The first-order chi connectivity index (χ1) is 13.9. The van der Waals surface area contributed by atoms with Gasteiger partial charge in [0.2, 0.25) is 0 Å². The number of anilines is 1. The van der Waals surface area contributed by atoms with E-state index in [2.05, 4.69) is 21.2 Å². The van der Waals surface area contributed by atoms with Crippen LogP contribution in [0.15, 0.2) is 6.33 Å². The first-order valence-electron chi connectivity index (χ1n) is 10.1. The Morgan fingerprint density at radius 1 is 1.24 bits per heavy atom. The van der Waals surface area contributed by atoms with E-state index in [-0.39, 0.29) is 24.4 Å². The Balaban J connectivity index is 1.49. The van der Waals surface area contributed by atoms with Crippen LogP contribution in [0.1, 0.15) is 45.8 Å². The topological polar surface area (TPSA) is 107 Å². The Kier molecular flexibility index (Phi) is 4.84. The molecule has 5 rings (SSSR count). The number of fused-ring (bicyclic) bond motifs is 2. The van der Waals surface area contributed by atoms with E-state index in [0.29, 0.717) is 23.0 Å². The van der Waals surface area contributed by atoms with Gasteiger partial charge in [-0.15, -0.1) is 0 Å². The Labute approximate surface area is 173 Å². The maximum atomic E-state index is 6.34. The summed E-state index contributed by atoms with van der Waals surface area (Å²) in [5.74, 6) is 0.465. The van der Waals surface area contributed by atoms with Gasteiger partial charge in [-0.25, -0.2) is 4.98 Å². The first kappa shape index (κ1) is 19.3. The molecule has 1 saturated carbocycles. The molecule has 10 heteroatoms. The molecule has 3 fully saturated rings. The molecule has 1 aliphatic carbocycles. The SMILES string of the molecule is CSC[C@H]1O[C@@H](n2cnc3c(N)nc(OC4CCCC4)nc32)[C@@H]2OC(C)(C)O[C@@H]21. The molecule has 3 aliphatic rings. The number of hydrogen-bond acceptors (Lipinski definition) is 9. The minimum absolute atomic E-state index is 0.0763. The van der Waals surface area contributed by atoms with Gasteiger partial charge < -0.3 is 24.7 Å². The van der Waals surface area contributed by atoms with E-state index in [1.54, 1.807) is 18.1 Å². The van der Waals surface area contributed by atoms with Gasteiger partial charge in [0.15, 0.2) is 29.0 Å². The molecule has 2 aliphatic heterocycles. The highest BCUT2D eigenvalue weighted by Gasteiger charge is 2.55. The van der Waals surface area contributed by atoms with Crippen molar-refractivity contribution in [3.8, 4) is 6.01 Å². The lowest BCUT2D eigenvalue weighted by molar-refractivity contribution is -0.193. The molecule has 9 nitrogen and oxygen atoms in total. The molecule has 0 bridgehead atoms. The highest BCUT2D eigenvalue weighted by molar-refractivity contribution is 7.98. The molecular formula is C19H27N5O4S. The molecule has 2 saturated heterocycles. The molecule has 2 aromatic heterocycles. The predicted molar refractivity (Wildman–Crippen MR) is 109 cm³/mol.